The van der Waals surface area contributed by atoms with Crippen LogP contribution in [0.15, 0.2) is 16.8 Å². The minimum atomic E-state index is 0.598. The summed E-state index contributed by atoms with van der Waals surface area (Å²) in [5.41, 5.74) is 3.47. The van der Waals surface area contributed by atoms with E-state index in [1.807, 2.05) is 22.7 Å². The van der Waals surface area contributed by atoms with Crippen molar-refractivity contribution in [3.63, 3.8) is 0 Å². The van der Waals surface area contributed by atoms with Crippen LogP contribution >= 0.6 is 22.7 Å². The topological polar surface area (TPSA) is 28.2 Å². The van der Waals surface area contributed by atoms with Crippen LogP contribution in [0.2, 0.25) is 0 Å². The third-order valence-corrected chi connectivity index (χ3v) is 8.01. The summed E-state index contributed by atoms with van der Waals surface area (Å²) < 4.78 is 0. The Kier molecular flexibility index (Phi) is 4.01. The van der Waals surface area contributed by atoms with Gasteiger partial charge in [-0.2, -0.15) is 11.3 Å². The normalized spacial score (nSPS) is 24.6. The number of nitrogens with one attached hydrogen (secondary N) is 1. The number of hydrogen-bond donors (Lipinski definition) is 1. The highest BCUT2D eigenvalue weighted by Gasteiger charge is 2.56. The first-order valence-electron chi connectivity index (χ1n) is 9.26. The second-order valence-electron chi connectivity index (χ2n) is 7.70. The van der Waals surface area contributed by atoms with E-state index in [1.54, 1.807) is 4.88 Å². The lowest BCUT2D eigenvalue weighted by molar-refractivity contribution is 0.188. The summed E-state index contributed by atoms with van der Waals surface area (Å²) >= 11 is 3.80. The first-order chi connectivity index (χ1) is 11.8. The van der Waals surface area contributed by atoms with Gasteiger partial charge in [0.05, 0.1) is 12.2 Å². The van der Waals surface area contributed by atoms with Crippen molar-refractivity contribution in [3.8, 4) is 0 Å². The number of hydrogen-bond acceptors (Lipinski definition) is 5. The average Bonchev–Trinajstić information content (AvgIpc) is 3.03. The Balaban J connectivity index is 1.35. The minimum absolute atomic E-state index is 0.598. The summed E-state index contributed by atoms with van der Waals surface area (Å²) in [6.07, 6.45) is 7.88. The van der Waals surface area contributed by atoms with E-state index in [1.165, 1.54) is 67.9 Å². The van der Waals surface area contributed by atoms with E-state index in [9.17, 15) is 0 Å². The van der Waals surface area contributed by atoms with E-state index < -0.39 is 0 Å². The number of aromatic nitrogens is 1. The van der Waals surface area contributed by atoms with Crippen LogP contribution in [0.1, 0.15) is 46.8 Å². The summed E-state index contributed by atoms with van der Waals surface area (Å²) in [6, 6.07) is 3.05. The Morgan fingerprint density at radius 1 is 1.25 bits per heavy atom. The first kappa shape index (κ1) is 15.5. The molecule has 1 saturated heterocycles. The predicted molar refractivity (Wildman–Crippen MR) is 101 cm³/mol. The van der Waals surface area contributed by atoms with Crippen molar-refractivity contribution in [1.29, 1.82) is 0 Å². The lowest BCUT2D eigenvalue weighted by Crippen LogP contribution is -2.35. The fourth-order valence-corrected chi connectivity index (χ4v) is 6.53. The van der Waals surface area contributed by atoms with Gasteiger partial charge >= 0.3 is 0 Å². The molecule has 5 rings (SSSR count). The number of nitrogens with zero attached hydrogens (tertiary/aromatic N) is 2. The fraction of sp³-hybridized carbons (Fsp3) is 0.632. The molecule has 3 heterocycles. The molecule has 1 atom stereocenters. The molecule has 2 fully saturated rings. The molecule has 2 aromatic heterocycles. The molecule has 2 aromatic rings. The van der Waals surface area contributed by atoms with Crippen molar-refractivity contribution in [1.82, 2.24) is 15.2 Å². The standard InChI is InChI=1S/C19H25N3S2/c1-2-15-16(3-1)24-18(21-15)12-22(11-14-4-9-23-13-14)17-10-19(17)5-7-20-8-6-19/h4,9,13,17,20H,1-3,5-8,10-12H2. The number of aryl methyl sites for hydroxylation is 2. The molecule has 1 saturated carbocycles. The van der Waals surface area contributed by atoms with Gasteiger partial charge in [0.25, 0.3) is 0 Å². The van der Waals surface area contributed by atoms with E-state index in [0.29, 0.717) is 5.41 Å². The molecule has 2 aliphatic carbocycles. The predicted octanol–water partition coefficient (Wildman–Crippen LogP) is 3.84. The molecule has 0 radical (unpaired) electrons. The lowest BCUT2D eigenvalue weighted by Gasteiger charge is -2.29. The van der Waals surface area contributed by atoms with Gasteiger partial charge in [0, 0.05) is 17.5 Å². The molecule has 128 valence electrons. The third kappa shape index (κ3) is 2.85. The number of rotatable bonds is 5. The zero-order chi connectivity index (χ0) is 16.0. The van der Waals surface area contributed by atoms with E-state index in [2.05, 4.69) is 27.0 Å². The molecule has 5 heteroatoms. The highest BCUT2D eigenvalue weighted by atomic mass is 32.1. The van der Waals surface area contributed by atoms with Gasteiger partial charge in [0.2, 0.25) is 0 Å². The smallest absolute Gasteiger partial charge is 0.107 e. The van der Waals surface area contributed by atoms with Crippen molar-refractivity contribution in [2.24, 2.45) is 5.41 Å². The van der Waals surface area contributed by atoms with Crippen molar-refractivity contribution in [3.05, 3.63) is 38.0 Å². The second-order valence-corrected chi connectivity index (χ2v) is 9.65. The Bertz CT molecular complexity index is 679. The Hall–Kier alpha value is -0.750. The molecule has 0 bridgehead atoms. The monoisotopic (exact) mass is 359 g/mol. The Morgan fingerprint density at radius 2 is 2.17 bits per heavy atom. The molecule has 3 aliphatic rings. The van der Waals surface area contributed by atoms with Crippen LogP contribution < -0.4 is 5.32 Å². The van der Waals surface area contributed by atoms with Crippen LogP contribution in [0, 0.1) is 5.41 Å². The van der Waals surface area contributed by atoms with Crippen molar-refractivity contribution < 1.29 is 0 Å². The first-order valence-corrected chi connectivity index (χ1v) is 11.0. The second kappa shape index (κ2) is 6.20. The van der Waals surface area contributed by atoms with Crippen molar-refractivity contribution >= 4 is 22.7 Å². The molecule has 1 unspecified atom stereocenters. The summed E-state index contributed by atoms with van der Waals surface area (Å²) in [5.74, 6) is 0. The summed E-state index contributed by atoms with van der Waals surface area (Å²) in [4.78, 5) is 9.27. The molecule has 1 aliphatic heterocycles. The SMILES string of the molecule is c1cc(CN(Cc2nc3c(s2)CCC3)C2CC23CCNCC3)cs1. The van der Waals surface area contributed by atoms with Crippen LogP contribution in [-0.4, -0.2) is 29.0 Å². The van der Waals surface area contributed by atoms with Crippen molar-refractivity contribution in [2.75, 3.05) is 13.1 Å². The van der Waals surface area contributed by atoms with Gasteiger partial charge in [-0.3, -0.25) is 4.90 Å². The highest BCUT2D eigenvalue weighted by molar-refractivity contribution is 7.11. The lowest BCUT2D eigenvalue weighted by atomic mass is 9.93. The van der Waals surface area contributed by atoms with Crippen LogP contribution in [0.4, 0.5) is 0 Å². The highest BCUT2D eigenvalue weighted by Crippen LogP contribution is 2.56. The van der Waals surface area contributed by atoms with Crippen LogP contribution in [0.25, 0.3) is 0 Å². The number of piperidine rings is 1. The zero-order valence-electron chi connectivity index (χ0n) is 14.1. The van der Waals surface area contributed by atoms with Gasteiger partial charge in [-0.25, -0.2) is 4.98 Å². The van der Waals surface area contributed by atoms with Crippen LogP contribution in [0.3, 0.4) is 0 Å². The maximum atomic E-state index is 4.97. The third-order valence-electron chi connectivity index (χ3n) is 6.13. The molecule has 24 heavy (non-hydrogen) atoms. The van der Waals surface area contributed by atoms with Crippen LogP contribution in [0.5, 0.6) is 0 Å². The summed E-state index contributed by atoms with van der Waals surface area (Å²) in [7, 11) is 0. The Labute approximate surface area is 152 Å². The average molecular weight is 360 g/mol. The number of thiophene rings is 1. The molecule has 1 spiro atoms. The van der Waals surface area contributed by atoms with Gasteiger partial charge < -0.3 is 5.32 Å². The molecular weight excluding hydrogens is 334 g/mol. The maximum absolute atomic E-state index is 4.97. The van der Waals surface area contributed by atoms with Crippen molar-refractivity contribution in [2.45, 2.75) is 57.7 Å². The van der Waals surface area contributed by atoms with E-state index in [-0.39, 0.29) is 0 Å². The summed E-state index contributed by atoms with van der Waals surface area (Å²) in [6.45, 7) is 4.55. The van der Waals surface area contributed by atoms with E-state index in [0.717, 1.165) is 19.1 Å². The Morgan fingerprint density at radius 3 is 2.96 bits per heavy atom. The largest absolute Gasteiger partial charge is 0.317 e. The minimum Gasteiger partial charge on any atom is -0.317 e. The quantitative estimate of drug-likeness (QED) is 0.879. The number of fused-ring (bicyclic) bond motifs is 1. The molecular formula is C19H25N3S2. The van der Waals surface area contributed by atoms with Gasteiger partial charge in [0.15, 0.2) is 0 Å². The van der Waals surface area contributed by atoms with Gasteiger partial charge in [-0.05, 0) is 79.4 Å². The molecule has 3 nitrogen and oxygen atoms in total. The molecule has 1 N–H and O–H groups in total. The molecule has 0 amide bonds. The zero-order valence-corrected chi connectivity index (χ0v) is 15.7. The van der Waals surface area contributed by atoms with Crippen LogP contribution in [-0.2, 0) is 25.9 Å². The van der Waals surface area contributed by atoms with E-state index >= 15 is 0 Å². The molecule has 0 aromatic carbocycles. The number of thiazole rings is 1. The maximum Gasteiger partial charge on any atom is 0.107 e. The summed E-state index contributed by atoms with van der Waals surface area (Å²) in [5, 5.41) is 9.41. The van der Waals surface area contributed by atoms with E-state index in [4.69, 9.17) is 4.98 Å². The fourth-order valence-electron chi connectivity index (χ4n) is 4.68. The van der Waals surface area contributed by atoms with Gasteiger partial charge in [-0.1, -0.05) is 0 Å². The van der Waals surface area contributed by atoms with Gasteiger partial charge in [-0.15, -0.1) is 11.3 Å². The van der Waals surface area contributed by atoms with Gasteiger partial charge in [0.1, 0.15) is 5.01 Å².